The van der Waals surface area contributed by atoms with Crippen molar-refractivity contribution in [2.24, 2.45) is 5.92 Å². The predicted octanol–water partition coefficient (Wildman–Crippen LogP) is 0.137. The lowest BCUT2D eigenvalue weighted by molar-refractivity contribution is -0.127. The molecule has 0 aliphatic carbocycles. The molecule has 0 aromatic rings. The summed E-state index contributed by atoms with van der Waals surface area (Å²) in [6, 6.07) is 0.169. The van der Waals surface area contributed by atoms with Crippen molar-refractivity contribution in [2.45, 2.75) is 26.3 Å². The molecule has 1 rings (SSSR count). The first-order valence-corrected chi connectivity index (χ1v) is 5.36. The number of carbonyl (C=O) groups is 1. The molecular formula is C10H20N2O2. The first-order valence-electron chi connectivity index (χ1n) is 5.36. The zero-order chi connectivity index (χ0) is 10.4. The van der Waals surface area contributed by atoms with Crippen molar-refractivity contribution in [2.75, 3.05) is 26.3 Å². The summed E-state index contributed by atoms with van der Waals surface area (Å²) in [5, 5.41) is 6.08. The van der Waals surface area contributed by atoms with Gasteiger partial charge in [-0.3, -0.25) is 4.79 Å². The number of amides is 1. The van der Waals surface area contributed by atoms with Gasteiger partial charge in [0.1, 0.15) is 0 Å². The van der Waals surface area contributed by atoms with Gasteiger partial charge < -0.3 is 15.4 Å². The van der Waals surface area contributed by atoms with Gasteiger partial charge in [0.2, 0.25) is 5.91 Å². The van der Waals surface area contributed by atoms with Crippen molar-refractivity contribution < 1.29 is 9.53 Å². The highest BCUT2D eigenvalue weighted by atomic mass is 16.5. The molecule has 0 bridgehead atoms. The highest BCUT2D eigenvalue weighted by Crippen LogP contribution is 2.03. The molecule has 0 aromatic heterocycles. The van der Waals surface area contributed by atoms with E-state index in [4.69, 9.17) is 4.74 Å². The van der Waals surface area contributed by atoms with E-state index in [1.54, 1.807) is 0 Å². The summed E-state index contributed by atoms with van der Waals surface area (Å²) in [5.74, 6) is 0.334. The number of rotatable bonds is 6. The fourth-order valence-electron chi connectivity index (χ4n) is 1.31. The second-order valence-corrected chi connectivity index (χ2v) is 3.63. The van der Waals surface area contributed by atoms with Crippen molar-refractivity contribution in [3.63, 3.8) is 0 Å². The Balaban J connectivity index is 2.20. The molecule has 0 aromatic carbocycles. The minimum Gasteiger partial charge on any atom is -0.380 e. The lowest BCUT2D eigenvalue weighted by atomic mass is 10.0. The van der Waals surface area contributed by atoms with Crippen LogP contribution in [0.3, 0.4) is 0 Å². The minimum absolute atomic E-state index is 0.162. The van der Waals surface area contributed by atoms with Crippen molar-refractivity contribution >= 4 is 5.91 Å². The Kier molecular flexibility index (Phi) is 4.90. The predicted molar refractivity (Wildman–Crippen MR) is 55.1 cm³/mol. The SMILES string of the molecule is CCOCC(CC)NC(=O)C1CNC1. The zero-order valence-electron chi connectivity index (χ0n) is 9.01. The normalized spacial score (nSPS) is 18.7. The topological polar surface area (TPSA) is 50.4 Å². The van der Waals surface area contributed by atoms with E-state index in [1.165, 1.54) is 0 Å². The molecule has 1 amide bonds. The van der Waals surface area contributed by atoms with Gasteiger partial charge in [-0.05, 0) is 13.3 Å². The van der Waals surface area contributed by atoms with Crippen LogP contribution in [-0.4, -0.2) is 38.3 Å². The van der Waals surface area contributed by atoms with Gasteiger partial charge >= 0.3 is 0 Å². The van der Waals surface area contributed by atoms with E-state index in [9.17, 15) is 4.79 Å². The Hall–Kier alpha value is -0.610. The summed E-state index contributed by atoms with van der Waals surface area (Å²) in [4.78, 5) is 11.6. The molecule has 82 valence electrons. The van der Waals surface area contributed by atoms with Gasteiger partial charge in [0.25, 0.3) is 0 Å². The summed E-state index contributed by atoms with van der Waals surface area (Å²) >= 11 is 0. The molecule has 4 nitrogen and oxygen atoms in total. The maximum absolute atomic E-state index is 11.6. The van der Waals surface area contributed by atoms with Crippen molar-refractivity contribution in [3.05, 3.63) is 0 Å². The van der Waals surface area contributed by atoms with Crippen LogP contribution in [0.1, 0.15) is 20.3 Å². The molecule has 0 radical (unpaired) electrons. The summed E-state index contributed by atoms with van der Waals surface area (Å²) in [6.07, 6.45) is 0.923. The molecule has 1 aliphatic rings. The summed E-state index contributed by atoms with van der Waals surface area (Å²) in [5.41, 5.74) is 0. The van der Waals surface area contributed by atoms with Gasteiger partial charge in [0, 0.05) is 19.7 Å². The van der Waals surface area contributed by atoms with Gasteiger partial charge in [-0.25, -0.2) is 0 Å². The lowest BCUT2D eigenvalue weighted by Gasteiger charge is -2.28. The van der Waals surface area contributed by atoms with Gasteiger partial charge in [-0.15, -0.1) is 0 Å². The van der Waals surface area contributed by atoms with E-state index in [1.807, 2.05) is 6.92 Å². The summed E-state index contributed by atoms with van der Waals surface area (Å²) < 4.78 is 5.29. The molecule has 1 atom stereocenters. The van der Waals surface area contributed by atoms with Crippen molar-refractivity contribution in [1.82, 2.24) is 10.6 Å². The third-order valence-electron chi connectivity index (χ3n) is 2.51. The number of hydrogen-bond donors (Lipinski definition) is 2. The van der Waals surface area contributed by atoms with Crippen LogP contribution in [0.25, 0.3) is 0 Å². The smallest absolute Gasteiger partial charge is 0.225 e. The average molecular weight is 200 g/mol. The highest BCUT2D eigenvalue weighted by Gasteiger charge is 2.26. The fourth-order valence-corrected chi connectivity index (χ4v) is 1.31. The Morgan fingerprint density at radius 1 is 1.57 bits per heavy atom. The van der Waals surface area contributed by atoms with Crippen LogP contribution >= 0.6 is 0 Å². The van der Waals surface area contributed by atoms with E-state index >= 15 is 0 Å². The Bertz CT molecular complexity index is 181. The largest absolute Gasteiger partial charge is 0.380 e. The maximum atomic E-state index is 11.6. The third kappa shape index (κ3) is 3.27. The summed E-state index contributed by atoms with van der Waals surface area (Å²) in [7, 11) is 0. The number of carbonyl (C=O) groups excluding carboxylic acids is 1. The Morgan fingerprint density at radius 2 is 2.29 bits per heavy atom. The standard InChI is InChI=1S/C10H20N2O2/c1-3-9(7-14-4-2)12-10(13)8-5-11-6-8/h8-9,11H,3-7H2,1-2H3,(H,12,13). The monoisotopic (exact) mass is 200 g/mol. The molecule has 4 heteroatoms. The van der Waals surface area contributed by atoms with Gasteiger partial charge in [-0.1, -0.05) is 6.92 Å². The summed E-state index contributed by atoms with van der Waals surface area (Å²) in [6.45, 7) is 6.98. The average Bonchev–Trinajstić information content (AvgIpc) is 2.09. The zero-order valence-corrected chi connectivity index (χ0v) is 9.01. The van der Waals surface area contributed by atoms with Crippen LogP contribution in [0.15, 0.2) is 0 Å². The third-order valence-corrected chi connectivity index (χ3v) is 2.51. The van der Waals surface area contributed by atoms with E-state index in [2.05, 4.69) is 17.6 Å². The van der Waals surface area contributed by atoms with Crippen LogP contribution in [0, 0.1) is 5.92 Å². The highest BCUT2D eigenvalue weighted by molar-refractivity contribution is 5.80. The van der Waals surface area contributed by atoms with Gasteiger partial charge in [-0.2, -0.15) is 0 Å². The van der Waals surface area contributed by atoms with E-state index in [0.717, 1.165) is 19.5 Å². The molecule has 0 saturated carbocycles. The Labute approximate surface area is 85.4 Å². The number of ether oxygens (including phenoxy) is 1. The molecule has 2 N–H and O–H groups in total. The van der Waals surface area contributed by atoms with Crippen LogP contribution in [0.2, 0.25) is 0 Å². The second kappa shape index (κ2) is 5.98. The molecule has 1 heterocycles. The van der Waals surface area contributed by atoms with E-state index < -0.39 is 0 Å². The van der Waals surface area contributed by atoms with E-state index in [-0.39, 0.29) is 17.9 Å². The van der Waals surface area contributed by atoms with Gasteiger partial charge in [0.05, 0.1) is 18.6 Å². The molecule has 0 spiro atoms. The van der Waals surface area contributed by atoms with Gasteiger partial charge in [0.15, 0.2) is 0 Å². The van der Waals surface area contributed by atoms with E-state index in [0.29, 0.717) is 13.2 Å². The van der Waals surface area contributed by atoms with Crippen molar-refractivity contribution in [3.8, 4) is 0 Å². The van der Waals surface area contributed by atoms with Crippen molar-refractivity contribution in [1.29, 1.82) is 0 Å². The number of hydrogen-bond acceptors (Lipinski definition) is 3. The first-order chi connectivity index (χ1) is 6.77. The van der Waals surface area contributed by atoms with Crippen LogP contribution in [0.5, 0.6) is 0 Å². The fraction of sp³-hybridized carbons (Fsp3) is 0.900. The lowest BCUT2D eigenvalue weighted by Crippen LogP contribution is -2.53. The van der Waals surface area contributed by atoms with Crippen LogP contribution < -0.4 is 10.6 Å². The molecule has 14 heavy (non-hydrogen) atoms. The van der Waals surface area contributed by atoms with Crippen LogP contribution in [-0.2, 0) is 9.53 Å². The van der Waals surface area contributed by atoms with Crippen LogP contribution in [0.4, 0.5) is 0 Å². The number of nitrogens with one attached hydrogen (secondary N) is 2. The molecule has 1 aliphatic heterocycles. The molecule has 1 saturated heterocycles. The maximum Gasteiger partial charge on any atom is 0.225 e. The Morgan fingerprint density at radius 3 is 2.71 bits per heavy atom. The minimum atomic E-state index is 0.162. The molecular weight excluding hydrogens is 180 g/mol. The quantitative estimate of drug-likeness (QED) is 0.641. The molecule has 1 unspecified atom stereocenters. The first kappa shape index (κ1) is 11.5. The molecule has 1 fully saturated rings. The second-order valence-electron chi connectivity index (χ2n) is 3.63.